The molecule has 18 heavy (non-hydrogen) atoms. The molecule has 1 heterocycles. The van der Waals surface area contributed by atoms with Gasteiger partial charge in [0.15, 0.2) is 12.0 Å². The van der Waals surface area contributed by atoms with Gasteiger partial charge < -0.3 is 9.15 Å². The molecule has 0 N–H and O–H groups in total. The highest BCUT2D eigenvalue weighted by atomic mass is 16.5. The van der Waals surface area contributed by atoms with Crippen molar-refractivity contribution < 1.29 is 13.9 Å². The number of para-hydroxylation sites is 1. The van der Waals surface area contributed by atoms with E-state index in [1.807, 2.05) is 18.2 Å². The zero-order valence-electron chi connectivity index (χ0n) is 10.6. The van der Waals surface area contributed by atoms with Crippen LogP contribution in [0.3, 0.4) is 0 Å². The summed E-state index contributed by atoms with van der Waals surface area (Å²) in [5, 5.41) is 0. The van der Waals surface area contributed by atoms with Crippen molar-refractivity contribution in [2.75, 3.05) is 0 Å². The molecule has 0 spiro atoms. The Morgan fingerprint density at radius 1 is 1.22 bits per heavy atom. The second-order valence-electron chi connectivity index (χ2n) is 4.40. The fourth-order valence-electron chi connectivity index (χ4n) is 1.77. The van der Waals surface area contributed by atoms with Crippen LogP contribution in [0.4, 0.5) is 0 Å². The van der Waals surface area contributed by atoms with Crippen LogP contribution in [-0.4, -0.2) is 6.29 Å². The first kappa shape index (κ1) is 12.4. The van der Waals surface area contributed by atoms with Crippen molar-refractivity contribution in [2.24, 2.45) is 0 Å². The van der Waals surface area contributed by atoms with E-state index in [-0.39, 0.29) is 0 Å². The maximum Gasteiger partial charge on any atom is 0.185 e. The smallest absolute Gasteiger partial charge is 0.185 e. The fraction of sp³-hybridized carbons (Fsp3) is 0.267. The Bertz CT molecular complexity index is 526. The number of benzene rings is 1. The molecule has 1 aromatic carbocycles. The van der Waals surface area contributed by atoms with Crippen molar-refractivity contribution in [3.8, 4) is 5.75 Å². The van der Waals surface area contributed by atoms with Crippen molar-refractivity contribution in [3.05, 3.63) is 53.5 Å². The number of aldehydes is 1. The number of hydrogen-bond acceptors (Lipinski definition) is 3. The van der Waals surface area contributed by atoms with E-state index in [9.17, 15) is 4.79 Å². The highest BCUT2D eigenvalue weighted by Gasteiger charge is 2.08. The van der Waals surface area contributed by atoms with Gasteiger partial charge in [-0.25, -0.2) is 0 Å². The van der Waals surface area contributed by atoms with Gasteiger partial charge in [-0.1, -0.05) is 32.0 Å². The summed E-state index contributed by atoms with van der Waals surface area (Å²) in [5.41, 5.74) is 1.17. The Kier molecular flexibility index (Phi) is 3.82. The summed E-state index contributed by atoms with van der Waals surface area (Å²) in [4.78, 5) is 10.5. The molecule has 0 saturated carbocycles. The number of carbonyl (C=O) groups is 1. The average molecular weight is 244 g/mol. The monoisotopic (exact) mass is 244 g/mol. The van der Waals surface area contributed by atoms with Gasteiger partial charge in [-0.3, -0.25) is 4.79 Å². The lowest BCUT2D eigenvalue weighted by molar-refractivity contribution is 0.109. The molecule has 0 atom stereocenters. The Morgan fingerprint density at radius 2 is 2.00 bits per heavy atom. The standard InChI is InChI=1S/C15H16O3/c1-11(2)14-5-3-4-6-15(14)17-10-13-8-7-12(9-16)18-13/h3-9,11H,10H2,1-2H3. The molecule has 0 fully saturated rings. The second-order valence-corrected chi connectivity index (χ2v) is 4.40. The maximum absolute atomic E-state index is 10.5. The summed E-state index contributed by atoms with van der Waals surface area (Å²) < 4.78 is 11.0. The van der Waals surface area contributed by atoms with E-state index >= 15 is 0 Å². The molecule has 3 nitrogen and oxygen atoms in total. The molecular formula is C15H16O3. The van der Waals surface area contributed by atoms with Gasteiger partial charge in [0.25, 0.3) is 0 Å². The maximum atomic E-state index is 10.5. The lowest BCUT2D eigenvalue weighted by Crippen LogP contribution is -1.98. The van der Waals surface area contributed by atoms with Gasteiger partial charge in [-0.05, 0) is 29.7 Å². The quantitative estimate of drug-likeness (QED) is 0.751. The van der Waals surface area contributed by atoms with E-state index in [2.05, 4.69) is 19.9 Å². The number of ether oxygens (including phenoxy) is 1. The lowest BCUT2D eigenvalue weighted by atomic mass is 10.0. The molecule has 0 unspecified atom stereocenters. The Hall–Kier alpha value is -2.03. The first-order valence-corrected chi connectivity index (χ1v) is 5.96. The molecule has 1 aromatic heterocycles. The van der Waals surface area contributed by atoms with Crippen molar-refractivity contribution in [2.45, 2.75) is 26.4 Å². The van der Waals surface area contributed by atoms with Crippen LogP contribution in [-0.2, 0) is 6.61 Å². The van der Waals surface area contributed by atoms with Crippen molar-refractivity contribution >= 4 is 6.29 Å². The van der Waals surface area contributed by atoms with Crippen LogP contribution in [0.25, 0.3) is 0 Å². The summed E-state index contributed by atoms with van der Waals surface area (Å²) in [6, 6.07) is 11.3. The van der Waals surface area contributed by atoms with Crippen LogP contribution >= 0.6 is 0 Å². The first-order valence-electron chi connectivity index (χ1n) is 5.96. The van der Waals surface area contributed by atoms with Gasteiger partial charge in [0.2, 0.25) is 0 Å². The van der Waals surface area contributed by atoms with Gasteiger partial charge in [0.05, 0.1) is 0 Å². The van der Waals surface area contributed by atoms with E-state index in [0.29, 0.717) is 30.3 Å². The Labute approximate surface area is 106 Å². The third-order valence-corrected chi connectivity index (χ3v) is 2.71. The Morgan fingerprint density at radius 3 is 2.67 bits per heavy atom. The predicted molar refractivity (Wildman–Crippen MR) is 69.0 cm³/mol. The third-order valence-electron chi connectivity index (χ3n) is 2.71. The van der Waals surface area contributed by atoms with E-state index in [1.54, 1.807) is 12.1 Å². The molecule has 0 amide bonds. The minimum absolute atomic E-state index is 0.325. The molecule has 0 aliphatic heterocycles. The van der Waals surface area contributed by atoms with Crippen LogP contribution < -0.4 is 4.74 Å². The van der Waals surface area contributed by atoms with E-state index in [4.69, 9.17) is 9.15 Å². The van der Waals surface area contributed by atoms with Gasteiger partial charge in [0, 0.05) is 0 Å². The molecule has 0 saturated heterocycles. The fourth-order valence-corrected chi connectivity index (χ4v) is 1.77. The summed E-state index contributed by atoms with van der Waals surface area (Å²) in [6.07, 6.45) is 0.686. The molecule has 0 aliphatic rings. The van der Waals surface area contributed by atoms with E-state index in [0.717, 1.165) is 5.75 Å². The summed E-state index contributed by atoms with van der Waals surface area (Å²) in [5.74, 6) is 2.24. The Balaban J connectivity index is 2.08. The highest BCUT2D eigenvalue weighted by molar-refractivity contribution is 5.70. The molecule has 94 valence electrons. The molecule has 0 aliphatic carbocycles. The predicted octanol–water partition coefficient (Wildman–Crippen LogP) is 3.79. The van der Waals surface area contributed by atoms with Crippen molar-refractivity contribution in [3.63, 3.8) is 0 Å². The number of carbonyl (C=O) groups excluding carboxylic acids is 1. The zero-order valence-corrected chi connectivity index (χ0v) is 10.6. The normalized spacial score (nSPS) is 10.6. The number of hydrogen-bond donors (Lipinski definition) is 0. The third kappa shape index (κ3) is 2.80. The largest absolute Gasteiger partial charge is 0.485 e. The van der Waals surface area contributed by atoms with E-state index < -0.39 is 0 Å². The lowest BCUT2D eigenvalue weighted by Gasteiger charge is -2.12. The topological polar surface area (TPSA) is 39.4 Å². The van der Waals surface area contributed by atoms with Crippen molar-refractivity contribution in [1.82, 2.24) is 0 Å². The minimum atomic E-state index is 0.325. The second kappa shape index (κ2) is 5.54. The number of rotatable bonds is 5. The highest BCUT2D eigenvalue weighted by Crippen LogP contribution is 2.26. The summed E-state index contributed by atoms with van der Waals surface area (Å²) in [6.45, 7) is 4.58. The van der Waals surface area contributed by atoms with Gasteiger partial charge >= 0.3 is 0 Å². The van der Waals surface area contributed by atoms with Crippen molar-refractivity contribution in [1.29, 1.82) is 0 Å². The molecule has 0 radical (unpaired) electrons. The molecule has 3 heteroatoms. The van der Waals surface area contributed by atoms with Crippen LogP contribution in [0.5, 0.6) is 5.75 Å². The average Bonchev–Trinajstić information content (AvgIpc) is 2.84. The van der Waals surface area contributed by atoms with Gasteiger partial charge in [-0.15, -0.1) is 0 Å². The van der Waals surface area contributed by atoms with E-state index in [1.165, 1.54) is 5.56 Å². The van der Waals surface area contributed by atoms with Crippen LogP contribution in [0.15, 0.2) is 40.8 Å². The molecule has 2 rings (SSSR count). The summed E-state index contributed by atoms with van der Waals surface area (Å²) >= 11 is 0. The minimum Gasteiger partial charge on any atom is -0.485 e. The molecular weight excluding hydrogens is 228 g/mol. The number of furan rings is 1. The SMILES string of the molecule is CC(C)c1ccccc1OCc1ccc(C=O)o1. The zero-order chi connectivity index (χ0) is 13.0. The van der Waals surface area contributed by atoms with Gasteiger partial charge in [0.1, 0.15) is 18.1 Å². The molecule has 0 bridgehead atoms. The van der Waals surface area contributed by atoms with Crippen LogP contribution in [0, 0.1) is 0 Å². The molecule has 2 aromatic rings. The van der Waals surface area contributed by atoms with Crippen LogP contribution in [0.1, 0.15) is 41.6 Å². The van der Waals surface area contributed by atoms with Gasteiger partial charge in [-0.2, -0.15) is 0 Å². The van der Waals surface area contributed by atoms with Crippen LogP contribution in [0.2, 0.25) is 0 Å². The summed E-state index contributed by atoms with van der Waals surface area (Å²) in [7, 11) is 0. The first-order chi connectivity index (χ1) is 8.70.